The van der Waals surface area contributed by atoms with Gasteiger partial charge in [0.25, 0.3) is 11.8 Å². The van der Waals surface area contributed by atoms with Crippen molar-refractivity contribution in [3.8, 4) is 0 Å². The predicted molar refractivity (Wildman–Crippen MR) is 110 cm³/mol. The summed E-state index contributed by atoms with van der Waals surface area (Å²) in [5.74, 6) is -1.58. The van der Waals surface area contributed by atoms with Crippen LogP contribution >= 0.6 is 0 Å². The number of aliphatic imine (C=N–C) groups is 1. The SMILES string of the molecule is CCN1C2=CC=CC(OCCCC(=O)ON3C(=O)CCC3=O)C2=Nc2ccccc21. The number of hydroxylamine groups is 2. The molecule has 1 unspecified atom stereocenters. The Hall–Kier alpha value is -3.26. The standard InChI is InChI=1S/C22H23N3O5/c1-2-24-16-8-4-3-7-15(16)23-22-17(24)9-5-10-18(22)29-14-6-11-21(28)30-25-19(26)12-13-20(25)27/h3-5,7-10,18H,2,6,11-14H2,1H3. The largest absolute Gasteiger partial charge is 0.368 e. The minimum atomic E-state index is -0.622. The van der Waals surface area contributed by atoms with Gasteiger partial charge in [-0.3, -0.25) is 9.59 Å². The number of allylic oxidation sites excluding steroid dienone is 2. The zero-order valence-corrected chi connectivity index (χ0v) is 16.7. The van der Waals surface area contributed by atoms with Gasteiger partial charge < -0.3 is 14.5 Å². The molecule has 1 aromatic rings. The normalized spacial score (nSPS) is 20.0. The van der Waals surface area contributed by atoms with Gasteiger partial charge >= 0.3 is 5.97 Å². The van der Waals surface area contributed by atoms with Gasteiger partial charge in [0.15, 0.2) is 0 Å². The van der Waals surface area contributed by atoms with Gasteiger partial charge in [0.05, 0.1) is 29.2 Å². The Bertz CT molecular complexity index is 949. The van der Waals surface area contributed by atoms with Crippen molar-refractivity contribution in [3.63, 3.8) is 0 Å². The Balaban J connectivity index is 1.34. The molecule has 0 N–H and O–H groups in total. The van der Waals surface area contributed by atoms with E-state index in [1.807, 2.05) is 36.4 Å². The van der Waals surface area contributed by atoms with E-state index in [1.54, 1.807) is 0 Å². The highest BCUT2D eigenvalue weighted by atomic mass is 16.7. The smallest absolute Gasteiger partial charge is 0.333 e. The second-order valence-corrected chi connectivity index (χ2v) is 7.11. The molecule has 4 rings (SSSR count). The number of para-hydroxylation sites is 2. The van der Waals surface area contributed by atoms with Crippen LogP contribution in [-0.2, 0) is 24.0 Å². The van der Waals surface area contributed by atoms with E-state index in [0.717, 1.165) is 29.3 Å². The van der Waals surface area contributed by atoms with Gasteiger partial charge in [-0.2, -0.15) is 0 Å². The summed E-state index contributed by atoms with van der Waals surface area (Å²) in [7, 11) is 0. The van der Waals surface area contributed by atoms with Crippen molar-refractivity contribution in [3.05, 3.63) is 48.2 Å². The number of hydrogen-bond donors (Lipinski definition) is 0. The Morgan fingerprint density at radius 1 is 1.20 bits per heavy atom. The molecule has 156 valence electrons. The van der Waals surface area contributed by atoms with Crippen LogP contribution in [0.5, 0.6) is 0 Å². The Morgan fingerprint density at radius 3 is 2.73 bits per heavy atom. The van der Waals surface area contributed by atoms with Crippen LogP contribution < -0.4 is 4.90 Å². The molecule has 1 fully saturated rings. The summed E-state index contributed by atoms with van der Waals surface area (Å²) >= 11 is 0. The molecule has 0 bridgehead atoms. The number of hydrogen-bond acceptors (Lipinski definition) is 7. The highest BCUT2D eigenvalue weighted by molar-refractivity contribution is 6.12. The van der Waals surface area contributed by atoms with Crippen molar-refractivity contribution in [2.24, 2.45) is 4.99 Å². The van der Waals surface area contributed by atoms with E-state index in [9.17, 15) is 14.4 Å². The lowest BCUT2D eigenvalue weighted by molar-refractivity contribution is -0.197. The first-order valence-corrected chi connectivity index (χ1v) is 10.1. The molecule has 8 nitrogen and oxygen atoms in total. The summed E-state index contributed by atoms with van der Waals surface area (Å²) in [5.41, 5.74) is 3.82. The van der Waals surface area contributed by atoms with Gasteiger partial charge in [0.2, 0.25) is 0 Å². The molecule has 0 radical (unpaired) electrons. The zero-order valence-electron chi connectivity index (χ0n) is 16.7. The third kappa shape index (κ3) is 3.91. The number of amides is 2. The predicted octanol–water partition coefficient (Wildman–Crippen LogP) is 2.83. The van der Waals surface area contributed by atoms with Crippen molar-refractivity contribution in [2.75, 3.05) is 18.1 Å². The zero-order chi connectivity index (χ0) is 21.1. The number of carbonyl (C=O) groups excluding carboxylic acids is 3. The fourth-order valence-electron chi connectivity index (χ4n) is 3.67. The van der Waals surface area contributed by atoms with Gasteiger partial charge in [0.1, 0.15) is 6.10 Å². The summed E-state index contributed by atoms with van der Waals surface area (Å²) in [6, 6.07) is 7.99. The number of anilines is 1. The molecule has 3 aliphatic rings. The maximum atomic E-state index is 11.9. The van der Waals surface area contributed by atoms with Crippen molar-refractivity contribution in [1.82, 2.24) is 5.06 Å². The molecule has 8 heteroatoms. The van der Waals surface area contributed by atoms with E-state index < -0.39 is 17.8 Å². The molecule has 2 aliphatic heterocycles. The maximum Gasteiger partial charge on any atom is 0.333 e. The number of benzene rings is 1. The minimum absolute atomic E-state index is 0.0482. The molecular formula is C22H23N3O5. The Labute approximate surface area is 174 Å². The van der Waals surface area contributed by atoms with Crippen LogP contribution in [-0.4, -0.2) is 47.8 Å². The van der Waals surface area contributed by atoms with Crippen LogP contribution in [0.15, 0.2) is 53.2 Å². The van der Waals surface area contributed by atoms with Gasteiger partial charge in [-0.15, -0.1) is 5.06 Å². The molecule has 0 aromatic heterocycles. The van der Waals surface area contributed by atoms with Crippen molar-refractivity contribution < 1.29 is 24.0 Å². The molecule has 30 heavy (non-hydrogen) atoms. The number of nitrogens with zero attached hydrogens (tertiary/aromatic N) is 3. The lowest BCUT2D eigenvalue weighted by Crippen LogP contribution is -2.37. The van der Waals surface area contributed by atoms with E-state index >= 15 is 0 Å². The third-order valence-electron chi connectivity index (χ3n) is 5.11. The molecule has 0 saturated carbocycles. The summed E-state index contributed by atoms with van der Waals surface area (Å²) in [4.78, 5) is 46.8. The van der Waals surface area contributed by atoms with E-state index in [1.165, 1.54) is 0 Å². The third-order valence-corrected chi connectivity index (χ3v) is 5.11. The Morgan fingerprint density at radius 2 is 1.97 bits per heavy atom. The van der Waals surface area contributed by atoms with E-state index in [0.29, 0.717) is 18.1 Å². The van der Waals surface area contributed by atoms with E-state index in [2.05, 4.69) is 17.9 Å². The van der Waals surface area contributed by atoms with Gasteiger partial charge in [-0.1, -0.05) is 18.2 Å². The average Bonchev–Trinajstić information content (AvgIpc) is 3.07. The van der Waals surface area contributed by atoms with Crippen LogP contribution in [0, 0.1) is 0 Å². The second kappa shape index (κ2) is 8.62. The quantitative estimate of drug-likeness (QED) is 0.508. The van der Waals surface area contributed by atoms with E-state index in [-0.39, 0.29) is 25.4 Å². The van der Waals surface area contributed by atoms with Crippen LogP contribution in [0.4, 0.5) is 11.4 Å². The highest BCUT2D eigenvalue weighted by Crippen LogP contribution is 2.37. The maximum absolute atomic E-state index is 11.9. The van der Waals surface area contributed by atoms with Gasteiger partial charge in [0, 0.05) is 26.0 Å². The molecule has 2 heterocycles. The topological polar surface area (TPSA) is 88.5 Å². The molecule has 1 aliphatic carbocycles. The van der Waals surface area contributed by atoms with Crippen molar-refractivity contribution in [2.45, 2.75) is 38.7 Å². The fraction of sp³-hybridized carbons (Fsp3) is 0.364. The highest BCUT2D eigenvalue weighted by Gasteiger charge is 2.33. The lowest BCUT2D eigenvalue weighted by Gasteiger charge is -2.35. The molecule has 2 amide bonds. The molecule has 1 saturated heterocycles. The summed E-state index contributed by atoms with van der Waals surface area (Å²) in [5, 5.41) is 0.567. The Kier molecular flexibility index (Phi) is 5.76. The number of carbonyl (C=O) groups is 3. The number of fused-ring (bicyclic) bond motifs is 2. The molecule has 0 spiro atoms. The van der Waals surface area contributed by atoms with E-state index in [4.69, 9.17) is 14.6 Å². The summed E-state index contributed by atoms with van der Waals surface area (Å²) in [6.07, 6.45) is 6.22. The number of ether oxygens (including phenoxy) is 1. The first-order chi connectivity index (χ1) is 14.6. The molecular weight excluding hydrogens is 386 g/mol. The summed E-state index contributed by atoms with van der Waals surface area (Å²) < 4.78 is 5.98. The van der Waals surface area contributed by atoms with Crippen LogP contribution in [0.3, 0.4) is 0 Å². The lowest BCUT2D eigenvalue weighted by atomic mass is 10.0. The monoisotopic (exact) mass is 409 g/mol. The number of rotatable bonds is 7. The first kappa shape index (κ1) is 20.0. The number of imide groups is 1. The average molecular weight is 409 g/mol. The van der Waals surface area contributed by atoms with Crippen molar-refractivity contribution in [1.29, 1.82) is 0 Å². The molecule has 1 atom stereocenters. The fourth-order valence-corrected chi connectivity index (χ4v) is 3.67. The first-order valence-electron chi connectivity index (χ1n) is 10.1. The summed E-state index contributed by atoms with van der Waals surface area (Å²) in [6.45, 7) is 3.21. The molecule has 1 aromatic carbocycles. The van der Waals surface area contributed by atoms with Crippen molar-refractivity contribution >= 4 is 34.9 Å². The second-order valence-electron chi connectivity index (χ2n) is 7.11. The van der Waals surface area contributed by atoms with Crippen LogP contribution in [0.2, 0.25) is 0 Å². The van der Waals surface area contributed by atoms with Gasteiger partial charge in [-0.05, 0) is 37.6 Å². The minimum Gasteiger partial charge on any atom is -0.368 e. The van der Waals surface area contributed by atoms with Crippen LogP contribution in [0.25, 0.3) is 0 Å². The van der Waals surface area contributed by atoms with Crippen LogP contribution in [0.1, 0.15) is 32.6 Å². The van der Waals surface area contributed by atoms with Gasteiger partial charge in [-0.25, -0.2) is 9.79 Å².